The van der Waals surface area contributed by atoms with Crippen molar-refractivity contribution in [2.24, 2.45) is 5.73 Å². The quantitative estimate of drug-likeness (QED) is 0.907. The van der Waals surface area contributed by atoms with Crippen molar-refractivity contribution in [1.82, 2.24) is 15.0 Å². The van der Waals surface area contributed by atoms with Gasteiger partial charge in [-0.15, -0.1) is 0 Å². The summed E-state index contributed by atoms with van der Waals surface area (Å²) in [5.41, 5.74) is 6.86. The molecule has 0 aliphatic carbocycles. The van der Waals surface area contributed by atoms with Crippen LogP contribution in [0.2, 0.25) is 0 Å². The van der Waals surface area contributed by atoms with Crippen LogP contribution < -0.4 is 5.73 Å². The van der Waals surface area contributed by atoms with E-state index in [1.165, 1.54) is 6.20 Å². The van der Waals surface area contributed by atoms with E-state index >= 15 is 0 Å². The lowest BCUT2D eigenvalue weighted by Gasteiger charge is -2.09. The number of halogens is 2. The molecule has 0 aliphatic heterocycles. The van der Waals surface area contributed by atoms with Gasteiger partial charge >= 0.3 is 0 Å². The summed E-state index contributed by atoms with van der Waals surface area (Å²) in [4.78, 5) is 11.9. The second-order valence-electron chi connectivity index (χ2n) is 3.80. The van der Waals surface area contributed by atoms with Gasteiger partial charge in [0, 0.05) is 36.3 Å². The van der Waals surface area contributed by atoms with Crippen LogP contribution in [0.4, 0.5) is 8.78 Å². The SMILES string of the molecule is Cc1cnccc1-c1ncc(CN)c(C(F)F)n1. The highest BCUT2D eigenvalue weighted by atomic mass is 19.3. The van der Waals surface area contributed by atoms with Crippen molar-refractivity contribution in [2.45, 2.75) is 19.9 Å². The van der Waals surface area contributed by atoms with Crippen molar-refractivity contribution >= 4 is 0 Å². The molecule has 0 aromatic carbocycles. The van der Waals surface area contributed by atoms with Gasteiger partial charge in [-0.3, -0.25) is 4.98 Å². The third-order valence-electron chi connectivity index (χ3n) is 2.59. The maximum Gasteiger partial charge on any atom is 0.280 e. The second kappa shape index (κ2) is 5.14. The molecule has 0 saturated heterocycles. The number of rotatable bonds is 3. The predicted octanol–water partition coefficient (Wildman–Crippen LogP) is 2.24. The molecule has 18 heavy (non-hydrogen) atoms. The Labute approximate surface area is 103 Å². The van der Waals surface area contributed by atoms with E-state index in [4.69, 9.17) is 5.73 Å². The first-order chi connectivity index (χ1) is 8.63. The zero-order valence-corrected chi connectivity index (χ0v) is 9.77. The van der Waals surface area contributed by atoms with Crippen molar-refractivity contribution in [2.75, 3.05) is 0 Å². The summed E-state index contributed by atoms with van der Waals surface area (Å²) >= 11 is 0. The average Bonchev–Trinajstić information content (AvgIpc) is 2.38. The lowest BCUT2D eigenvalue weighted by molar-refractivity contribution is 0.144. The molecule has 0 unspecified atom stereocenters. The Balaban J connectivity index is 2.54. The van der Waals surface area contributed by atoms with Gasteiger partial charge in [-0.1, -0.05) is 0 Å². The Morgan fingerprint density at radius 2 is 2.11 bits per heavy atom. The van der Waals surface area contributed by atoms with Crippen molar-refractivity contribution in [1.29, 1.82) is 0 Å². The van der Waals surface area contributed by atoms with E-state index in [-0.39, 0.29) is 23.6 Å². The number of aryl methyl sites for hydroxylation is 1. The number of aromatic nitrogens is 3. The van der Waals surface area contributed by atoms with Gasteiger partial charge in [0.05, 0.1) is 0 Å². The molecule has 0 atom stereocenters. The monoisotopic (exact) mass is 250 g/mol. The molecule has 6 heteroatoms. The Bertz CT molecular complexity index is 558. The van der Waals surface area contributed by atoms with E-state index in [9.17, 15) is 8.78 Å². The Hall–Kier alpha value is -1.95. The number of pyridine rings is 1. The largest absolute Gasteiger partial charge is 0.326 e. The first-order valence-corrected chi connectivity index (χ1v) is 5.38. The highest BCUT2D eigenvalue weighted by Gasteiger charge is 2.16. The maximum atomic E-state index is 12.9. The molecule has 2 N–H and O–H groups in total. The average molecular weight is 250 g/mol. The van der Waals surface area contributed by atoms with E-state index < -0.39 is 6.43 Å². The number of hydrogen-bond acceptors (Lipinski definition) is 4. The molecule has 0 fully saturated rings. The third kappa shape index (κ3) is 2.33. The molecule has 0 aliphatic rings. The molecule has 94 valence electrons. The van der Waals surface area contributed by atoms with Crippen LogP contribution >= 0.6 is 0 Å². The highest BCUT2D eigenvalue weighted by molar-refractivity contribution is 5.58. The fourth-order valence-electron chi connectivity index (χ4n) is 1.62. The van der Waals surface area contributed by atoms with E-state index in [1.807, 2.05) is 6.92 Å². The zero-order valence-electron chi connectivity index (χ0n) is 9.77. The Morgan fingerprint density at radius 1 is 1.33 bits per heavy atom. The number of hydrogen-bond donors (Lipinski definition) is 1. The summed E-state index contributed by atoms with van der Waals surface area (Å²) in [5, 5.41) is 0. The molecular weight excluding hydrogens is 238 g/mol. The summed E-state index contributed by atoms with van der Waals surface area (Å²) < 4.78 is 25.7. The van der Waals surface area contributed by atoms with E-state index in [0.29, 0.717) is 5.56 Å². The highest BCUT2D eigenvalue weighted by Crippen LogP contribution is 2.24. The van der Waals surface area contributed by atoms with Gasteiger partial charge in [-0.05, 0) is 18.6 Å². The van der Waals surface area contributed by atoms with Crippen LogP contribution in [0, 0.1) is 6.92 Å². The molecule has 0 spiro atoms. The molecule has 0 bridgehead atoms. The maximum absolute atomic E-state index is 12.9. The molecule has 2 aromatic heterocycles. The molecule has 2 heterocycles. The van der Waals surface area contributed by atoms with Crippen LogP contribution in [0.5, 0.6) is 0 Å². The van der Waals surface area contributed by atoms with Crippen molar-refractivity contribution in [3.05, 3.63) is 41.5 Å². The molecule has 2 aromatic rings. The molecule has 0 amide bonds. The van der Waals surface area contributed by atoms with E-state index in [1.54, 1.807) is 18.5 Å². The molecule has 2 rings (SSSR count). The predicted molar refractivity (Wildman–Crippen MR) is 62.8 cm³/mol. The smallest absolute Gasteiger partial charge is 0.280 e. The minimum Gasteiger partial charge on any atom is -0.326 e. The lowest BCUT2D eigenvalue weighted by atomic mass is 10.1. The van der Waals surface area contributed by atoms with Crippen LogP contribution in [-0.2, 0) is 6.54 Å². The second-order valence-corrected chi connectivity index (χ2v) is 3.80. The Morgan fingerprint density at radius 3 is 2.72 bits per heavy atom. The summed E-state index contributed by atoms with van der Waals surface area (Å²) in [6.07, 6.45) is 1.90. The first kappa shape index (κ1) is 12.5. The van der Waals surface area contributed by atoms with Gasteiger partial charge in [0.1, 0.15) is 5.69 Å². The van der Waals surface area contributed by atoms with Crippen molar-refractivity contribution in [3.63, 3.8) is 0 Å². The van der Waals surface area contributed by atoms with Crippen LogP contribution in [0.1, 0.15) is 23.2 Å². The van der Waals surface area contributed by atoms with Gasteiger partial charge in [0.15, 0.2) is 5.82 Å². The summed E-state index contributed by atoms with van der Waals surface area (Å²) in [6.45, 7) is 1.82. The van der Waals surface area contributed by atoms with Crippen LogP contribution in [0.3, 0.4) is 0 Å². The molecular formula is C12H12F2N4. The zero-order chi connectivity index (χ0) is 13.1. The van der Waals surface area contributed by atoms with Gasteiger partial charge in [-0.25, -0.2) is 18.7 Å². The van der Waals surface area contributed by atoms with Crippen molar-refractivity contribution < 1.29 is 8.78 Å². The fraction of sp³-hybridized carbons (Fsp3) is 0.250. The first-order valence-electron chi connectivity index (χ1n) is 5.38. The molecule has 0 radical (unpaired) electrons. The number of nitrogens with zero attached hydrogens (tertiary/aromatic N) is 3. The minimum atomic E-state index is -2.66. The van der Waals surface area contributed by atoms with Gasteiger partial charge in [-0.2, -0.15) is 0 Å². The van der Waals surface area contributed by atoms with Gasteiger partial charge < -0.3 is 5.73 Å². The standard InChI is InChI=1S/C12H12F2N4/c1-7-5-16-3-2-9(7)12-17-6-8(4-15)10(18-12)11(13)14/h2-3,5-6,11H,4,15H2,1H3. The lowest BCUT2D eigenvalue weighted by Crippen LogP contribution is -2.07. The fourth-order valence-corrected chi connectivity index (χ4v) is 1.62. The topological polar surface area (TPSA) is 64.7 Å². The van der Waals surface area contributed by atoms with Gasteiger partial charge in [0.2, 0.25) is 0 Å². The normalized spacial score (nSPS) is 10.9. The van der Waals surface area contributed by atoms with Crippen LogP contribution in [0.15, 0.2) is 24.7 Å². The van der Waals surface area contributed by atoms with Crippen molar-refractivity contribution in [3.8, 4) is 11.4 Å². The number of nitrogens with two attached hydrogens (primary N) is 1. The summed E-state index contributed by atoms with van der Waals surface area (Å²) in [7, 11) is 0. The van der Waals surface area contributed by atoms with Crippen LogP contribution in [-0.4, -0.2) is 15.0 Å². The van der Waals surface area contributed by atoms with E-state index in [2.05, 4.69) is 15.0 Å². The van der Waals surface area contributed by atoms with Gasteiger partial charge in [0.25, 0.3) is 6.43 Å². The summed E-state index contributed by atoms with van der Waals surface area (Å²) in [5.74, 6) is 0.266. The molecule has 0 saturated carbocycles. The molecule has 4 nitrogen and oxygen atoms in total. The minimum absolute atomic E-state index is 0.00468. The van der Waals surface area contributed by atoms with Crippen LogP contribution in [0.25, 0.3) is 11.4 Å². The van der Waals surface area contributed by atoms with E-state index in [0.717, 1.165) is 5.56 Å². The summed E-state index contributed by atoms with van der Waals surface area (Å²) in [6, 6.07) is 1.70. The third-order valence-corrected chi connectivity index (χ3v) is 2.59. The Kier molecular flexibility index (Phi) is 3.57. The number of alkyl halides is 2.